The molecule has 0 unspecified atom stereocenters. The van der Waals surface area contributed by atoms with Gasteiger partial charge in [0.2, 0.25) is 0 Å². The van der Waals surface area contributed by atoms with Crippen molar-refractivity contribution in [2.24, 2.45) is 0 Å². The van der Waals surface area contributed by atoms with Gasteiger partial charge in [-0.25, -0.2) is 4.79 Å². The molecule has 0 aliphatic carbocycles. The molecule has 0 radical (unpaired) electrons. The van der Waals surface area contributed by atoms with E-state index in [1.165, 1.54) is 13.2 Å². The van der Waals surface area contributed by atoms with Gasteiger partial charge in [-0.05, 0) is 12.5 Å². The van der Waals surface area contributed by atoms with Crippen LogP contribution in [-0.2, 0) is 11.2 Å². The van der Waals surface area contributed by atoms with Gasteiger partial charge >= 0.3 is 5.97 Å². The van der Waals surface area contributed by atoms with Crippen LogP contribution in [0.25, 0.3) is 0 Å². The minimum Gasteiger partial charge on any atom is -0.506 e. The van der Waals surface area contributed by atoms with Crippen molar-refractivity contribution in [2.45, 2.75) is 6.42 Å². The number of ether oxygens (including phenoxy) is 1. The van der Waals surface area contributed by atoms with Crippen molar-refractivity contribution in [2.75, 3.05) is 7.11 Å². The average molecular weight is 306 g/mol. The first-order valence-corrected chi connectivity index (χ1v) is 5.59. The predicted molar refractivity (Wildman–Crippen MR) is 66.1 cm³/mol. The number of halogens is 2. The Hall–Kier alpha value is -1.00. The Labute approximate surface area is 107 Å². The smallest absolute Gasteiger partial charge is 0.339 e. The van der Waals surface area contributed by atoms with Gasteiger partial charge in [-0.2, -0.15) is 0 Å². The molecule has 5 heteroatoms. The lowest BCUT2D eigenvalue weighted by molar-refractivity contribution is 0.0600. The van der Waals surface area contributed by atoms with Crippen LogP contribution in [0.1, 0.15) is 15.9 Å². The van der Waals surface area contributed by atoms with Gasteiger partial charge in [-0.1, -0.05) is 33.6 Å². The number of allylic oxidation sites excluding steroid dienone is 1. The summed E-state index contributed by atoms with van der Waals surface area (Å²) in [6.07, 6.45) is 2.08. The second-order valence-corrected chi connectivity index (χ2v) is 4.26. The van der Waals surface area contributed by atoms with Crippen LogP contribution in [0, 0.1) is 0 Å². The number of rotatable bonds is 3. The summed E-state index contributed by atoms with van der Waals surface area (Å²) in [4.78, 5) is 11.3. The number of phenols is 1. The van der Waals surface area contributed by atoms with Crippen LogP contribution in [0.15, 0.2) is 23.2 Å². The fraction of sp³-hybridized carbons (Fsp3) is 0.182. The third-order valence-corrected chi connectivity index (χ3v) is 3.13. The van der Waals surface area contributed by atoms with E-state index < -0.39 is 5.97 Å². The first-order chi connectivity index (χ1) is 7.52. The van der Waals surface area contributed by atoms with E-state index >= 15 is 0 Å². The molecule has 0 saturated carbocycles. The molecule has 0 fully saturated rings. The lowest BCUT2D eigenvalue weighted by atomic mass is 10.1. The standard InChI is InChI=1S/C11H10BrClO3/c1-3-4-6-8(12)5-7(11(15)16-2)9(13)10(6)14/h3,5,14H,1,4H2,2H3. The van der Waals surface area contributed by atoms with Crippen LogP contribution in [0.3, 0.4) is 0 Å². The summed E-state index contributed by atoms with van der Waals surface area (Å²) in [7, 11) is 1.25. The monoisotopic (exact) mass is 304 g/mol. The van der Waals surface area contributed by atoms with Gasteiger partial charge in [0.1, 0.15) is 5.75 Å². The third kappa shape index (κ3) is 2.39. The van der Waals surface area contributed by atoms with E-state index in [1.54, 1.807) is 6.08 Å². The molecule has 0 atom stereocenters. The summed E-state index contributed by atoms with van der Waals surface area (Å²) in [6, 6.07) is 1.52. The highest BCUT2D eigenvalue weighted by Crippen LogP contribution is 2.37. The molecule has 0 bridgehead atoms. The summed E-state index contributed by atoms with van der Waals surface area (Å²) in [5.74, 6) is -0.720. The Morgan fingerprint density at radius 1 is 1.75 bits per heavy atom. The Bertz CT molecular complexity index is 443. The summed E-state index contributed by atoms with van der Waals surface area (Å²) in [5.41, 5.74) is 0.717. The lowest BCUT2D eigenvalue weighted by Crippen LogP contribution is -2.03. The van der Waals surface area contributed by atoms with Crippen molar-refractivity contribution in [3.8, 4) is 5.75 Å². The second kappa shape index (κ2) is 5.37. The highest BCUT2D eigenvalue weighted by Gasteiger charge is 2.19. The van der Waals surface area contributed by atoms with Gasteiger partial charge in [-0.15, -0.1) is 6.58 Å². The molecule has 0 aliphatic rings. The number of aromatic hydroxyl groups is 1. The van der Waals surface area contributed by atoms with E-state index in [0.29, 0.717) is 16.5 Å². The maximum absolute atomic E-state index is 11.3. The number of carbonyl (C=O) groups is 1. The van der Waals surface area contributed by atoms with Crippen LogP contribution in [0.2, 0.25) is 5.02 Å². The molecule has 1 N–H and O–H groups in total. The number of hydrogen-bond donors (Lipinski definition) is 1. The van der Waals surface area contributed by atoms with Crippen molar-refractivity contribution in [1.82, 2.24) is 0 Å². The van der Waals surface area contributed by atoms with E-state index in [9.17, 15) is 9.90 Å². The van der Waals surface area contributed by atoms with Gasteiger partial charge in [0.25, 0.3) is 0 Å². The second-order valence-electron chi connectivity index (χ2n) is 3.03. The van der Waals surface area contributed by atoms with Crippen molar-refractivity contribution < 1.29 is 14.6 Å². The van der Waals surface area contributed by atoms with Crippen molar-refractivity contribution >= 4 is 33.5 Å². The predicted octanol–water partition coefficient (Wildman–Crippen LogP) is 3.32. The topological polar surface area (TPSA) is 46.5 Å². The van der Waals surface area contributed by atoms with E-state index in [1.807, 2.05) is 0 Å². The summed E-state index contributed by atoms with van der Waals surface area (Å²) < 4.78 is 5.14. The molecule has 16 heavy (non-hydrogen) atoms. The van der Waals surface area contributed by atoms with Gasteiger partial charge in [0.05, 0.1) is 17.7 Å². The summed E-state index contributed by atoms with van der Waals surface area (Å²) >= 11 is 9.13. The Morgan fingerprint density at radius 2 is 2.38 bits per heavy atom. The number of hydrogen-bond acceptors (Lipinski definition) is 3. The minimum atomic E-state index is -0.592. The number of phenolic OH excluding ortho intramolecular Hbond substituents is 1. The maximum atomic E-state index is 11.3. The van der Waals surface area contributed by atoms with E-state index in [4.69, 9.17) is 11.6 Å². The molecule has 0 saturated heterocycles. The summed E-state index contributed by atoms with van der Waals surface area (Å²) in [6.45, 7) is 3.57. The quantitative estimate of drug-likeness (QED) is 0.688. The molecule has 3 nitrogen and oxygen atoms in total. The van der Waals surface area contributed by atoms with Crippen LogP contribution < -0.4 is 0 Å². The van der Waals surface area contributed by atoms with Crippen molar-refractivity contribution in [1.29, 1.82) is 0 Å². The van der Waals surface area contributed by atoms with E-state index in [0.717, 1.165) is 0 Å². The fourth-order valence-corrected chi connectivity index (χ4v) is 2.07. The normalized spacial score (nSPS) is 9.94. The van der Waals surface area contributed by atoms with Crippen LogP contribution in [0.5, 0.6) is 5.75 Å². The largest absolute Gasteiger partial charge is 0.506 e. The zero-order chi connectivity index (χ0) is 12.3. The van der Waals surface area contributed by atoms with Crippen molar-refractivity contribution in [3.05, 3.63) is 39.3 Å². The fourth-order valence-electron chi connectivity index (χ4n) is 1.25. The number of carbonyl (C=O) groups excluding carboxylic acids is 1. The minimum absolute atomic E-state index is 0.00750. The lowest BCUT2D eigenvalue weighted by Gasteiger charge is -2.10. The number of benzene rings is 1. The molecule has 86 valence electrons. The highest BCUT2D eigenvalue weighted by molar-refractivity contribution is 9.10. The first-order valence-electron chi connectivity index (χ1n) is 4.42. The average Bonchev–Trinajstić information content (AvgIpc) is 2.28. The van der Waals surface area contributed by atoms with Crippen LogP contribution >= 0.6 is 27.5 Å². The Morgan fingerprint density at radius 3 is 2.88 bits per heavy atom. The molecule has 0 aromatic heterocycles. The van der Waals surface area contributed by atoms with E-state index in [-0.39, 0.29) is 16.3 Å². The molecule has 0 amide bonds. The van der Waals surface area contributed by atoms with Gasteiger partial charge in [0, 0.05) is 10.0 Å². The molecule has 0 aliphatic heterocycles. The van der Waals surface area contributed by atoms with Gasteiger partial charge < -0.3 is 9.84 Å². The Balaban J connectivity index is 3.38. The molecule has 0 spiro atoms. The SMILES string of the molecule is C=CCc1c(Br)cc(C(=O)OC)c(Cl)c1O. The van der Waals surface area contributed by atoms with E-state index in [2.05, 4.69) is 27.2 Å². The zero-order valence-corrected chi connectivity index (χ0v) is 10.9. The molecular weight excluding hydrogens is 295 g/mol. The zero-order valence-electron chi connectivity index (χ0n) is 8.59. The summed E-state index contributed by atoms with van der Waals surface area (Å²) in [5, 5.41) is 9.81. The molecule has 1 aromatic carbocycles. The molecule has 1 rings (SSSR count). The number of methoxy groups -OCH3 is 1. The molecule has 0 heterocycles. The highest BCUT2D eigenvalue weighted by atomic mass is 79.9. The number of esters is 1. The van der Waals surface area contributed by atoms with Gasteiger partial charge in [0.15, 0.2) is 0 Å². The first kappa shape index (κ1) is 13.1. The third-order valence-electron chi connectivity index (χ3n) is 2.04. The van der Waals surface area contributed by atoms with Crippen LogP contribution in [-0.4, -0.2) is 18.2 Å². The Kier molecular flexibility index (Phi) is 4.38. The molecule has 1 aromatic rings. The van der Waals surface area contributed by atoms with Gasteiger partial charge in [-0.3, -0.25) is 0 Å². The van der Waals surface area contributed by atoms with Crippen LogP contribution in [0.4, 0.5) is 0 Å². The maximum Gasteiger partial charge on any atom is 0.339 e. The molecular formula is C11H10BrClO3. The van der Waals surface area contributed by atoms with Crippen molar-refractivity contribution in [3.63, 3.8) is 0 Å².